The molecule has 0 saturated carbocycles. The minimum atomic E-state index is 1.03. The van der Waals surface area contributed by atoms with Crippen molar-refractivity contribution >= 4 is 24.0 Å². The van der Waals surface area contributed by atoms with Gasteiger partial charge in [-0.2, -0.15) is 0 Å². The summed E-state index contributed by atoms with van der Waals surface area (Å²) in [5.74, 6) is 0. The average molecular weight is 151 g/mol. The normalized spacial score (nSPS) is 14.0. The van der Waals surface area contributed by atoms with E-state index < -0.39 is 0 Å². The Morgan fingerprint density at radius 2 is 2.50 bits per heavy atom. The van der Waals surface area contributed by atoms with Gasteiger partial charge in [-0.1, -0.05) is 0 Å². The minimum Gasteiger partial charge on any atom is -0.308 e. The van der Waals surface area contributed by atoms with Gasteiger partial charge in [-0.15, -0.1) is 0 Å². The molecule has 2 heterocycles. The summed E-state index contributed by atoms with van der Waals surface area (Å²) in [6.45, 7) is 0. The second-order valence-corrected chi connectivity index (χ2v) is 2.49. The fourth-order valence-corrected chi connectivity index (χ4v) is 1.25. The Morgan fingerprint density at radius 3 is 3.40 bits per heavy atom. The van der Waals surface area contributed by atoms with Crippen molar-refractivity contribution in [2.24, 2.45) is 4.40 Å². The largest absolute Gasteiger partial charge is 0.308 e. The van der Waals surface area contributed by atoms with Crippen LogP contribution in [0.1, 0.15) is 5.56 Å². The summed E-state index contributed by atoms with van der Waals surface area (Å²) in [6, 6.07) is 1.92. The maximum atomic E-state index is 3.97. The second kappa shape index (κ2) is 2.30. The Balaban J connectivity index is 2.54. The van der Waals surface area contributed by atoms with Crippen LogP contribution in [0.4, 0.5) is 5.69 Å². The van der Waals surface area contributed by atoms with Crippen LogP contribution in [-0.2, 0) is 0 Å². The molecule has 10 heavy (non-hydrogen) atoms. The molecular weight excluding hydrogens is 146 g/mol. The molecule has 1 aliphatic rings. The smallest absolute Gasteiger partial charge is 0.0901 e. The topological polar surface area (TPSA) is 37.3 Å². The van der Waals surface area contributed by atoms with Gasteiger partial charge in [0.05, 0.1) is 24.0 Å². The lowest BCUT2D eigenvalue weighted by atomic mass is 10.2. The van der Waals surface area contributed by atoms with Crippen LogP contribution < -0.4 is 4.72 Å². The lowest BCUT2D eigenvalue weighted by molar-refractivity contribution is 1.32. The molecule has 0 unspecified atom stereocenters. The molecule has 0 saturated heterocycles. The van der Waals surface area contributed by atoms with Gasteiger partial charge in [-0.25, -0.2) is 4.40 Å². The molecular formula is C6H5N3S. The van der Waals surface area contributed by atoms with Crippen molar-refractivity contribution < 1.29 is 0 Å². The van der Waals surface area contributed by atoms with Gasteiger partial charge in [-0.3, -0.25) is 4.98 Å². The molecule has 0 aliphatic carbocycles. The number of nitrogens with zero attached hydrogens (tertiary/aromatic N) is 2. The number of rotatable bonds is 0. The maximum absolute atomic E-state index is 3.97. The second-order valence-electron chi connectivity index (χ2n) is 1.89. The molecule has 2 rings (SSSR count). The van der Waals surface area contributed by atoms with Gasteiger partial charge >= 0.3 is 0 Å². The molecule has 0 amide bonds. The van der Waals surface area contributed by atoms with E-state index in [9.17, 15) is 0 Å². The number of nitrogens with one attached hydrogen (secondary N) is 1. The molecule has 1 N–H and O–H groups in total. The lowest BCUT2D eigenvalue weighted by Crippen LogP contribution is -1.96. The Morgan fingerprint density at radius 1 is 1.50 bits per heavy atom. The molecule has 0 radical (unpaired) electrons. The van der Waals surface area contributed by atoms with E-state index in [0.717, 1.165) is 11.3 Å². The highest BCUT2D eigenvalue weighted by atomic mass is 32.2. The van der Waals surface area contributed by atoms with Gasteiger partial charge in [0.1, 0.15) is 0 Å². The Kier molecular flexibility index (Phi) is 1.32. The van der Waals surface area contributed by atoms with Crippen LogP contribution in [0.5, 0.6) is 0 Å². The molecule has 0 bridgehead atoms. The first kappa shape index (κ1) is 5.73. The zero-order chi connectivity index (χ0) is 6.81. The van der Waals surface area contributed by atoms with Gasteiger partial charge < -0.3 is 4.72 Å². The van der Waals surface area contributed by atoms with Crippen molar-refractivity contribution in [1.29, 1.82) is 0 Å². The number of pyridine rings is 1. The monoisotopic (exact) mass is 151 g/mol. The Hall–Kier alpha value is -1.03. The van der Waals surface area contributed by atoms with Crippen LogP contribution in [0, 0.1) is 0 Å². The van der Waals surface area contributed by atoms with Crippen molar-refractivity contribution in [3.05, 3.63) is 24.0 Å². The quantitative estimate of drug-likeness (QED) is 0.571. The fourth-order valence-electron chi connectivity index (χ4n) is 0.762. The first-order valence-corrected chi connectivity index (χ1v) is 3.63. The summed E-state index contributed by atoms with van der Waals surface area (Å²) in [7, 11) is 0. The van der Waals surface area contributed by atoms with Crippen molar-refractivity contribution in [3.8, 4) is 0 Å². The SMILES string of the molecule is C1=NSNc2cnccc21. The standard InChI is InChI=1S/C6H5N3S/c1-2-7-4-6-5(1)3-8-10-9-6/h1-4,9H. The van der Waals surface area contributed by atoms with Crippen molar-refractivity contribution in [2.45, 2.75) is 0 Å². The van der Waals surface area contributed by atoms with Crippen LogP contribution in [0.2, 0.25) is 0 Å². The predicted octanol–water partition coefficient (Wildman–Crippen LogP) is 1.49. The van der Waals surface area contributed by atoms with Crippen LogP contribution in [0.15, 0.2) is 22.9 Å². The third kappa shape index (κ3) is 0.863. The van der Waals surface area contributed by atoms with E-state index in [1.165, 1.54) is 12.1 Å². The maximum Gasteiger partial charge on any atom is 0.0901 e. The van der Waals surface area contributed by atoms with Gasteiger partial charge in [0, 0.05) is 18.0 Å². The van der Waals surface area contributed by atoms with Crippen LogP contribution in [0.25, 0.3) is 0 Å². The van der Waals surface area contributed by atoms with Gasteiger partial charge in [0.2, 0.25) is 0 Å². The molecule has 1 aromatic rings. The van der Waals surface area contributed by atoms with E-state index in [-0.39, 0.29) is 0 Å². The summed E-state index contributed by atoms with van der Waals surface area (Å²) in [5, 5.41) is 0. The average Bonchev–Trinajstić information content (AvgIpc) is 2.05. The summed E-state index contributed by atoms with van der Waals surface area (Å²) in [6.07, 6.45) is 5.36. The highest BCUT2D eigenvalue weighted by Gasteiger charge is 2.02. The highest BCUT2D eigenvalue weighted by molar-refractivity contribution is 7.99. The third-order valence-corrected chi connectivity index (χ3v) is 1.78. The van der Waals surface area contributed by atoms with E-state index >= 15 is 0 Å². The molecule has 4 heteroatoms. The molecule has 0 spiro atoms. The van der Waals surface area contributed by atoms with Crippen molar-refractivity contribution in [3.63, 3.8) is 0 Å². The van der Waals surface area contributed by atoms with Gasteiger partial charge in [0.25, 0.3) is 0 Å². The zero-order valence-electron chi connectivity index (χ0n) is 5.11. The van der Waals surface area contributed by atoms with E-state index in [2.05, 4.69) is 14.1 Å². The number of hydrogen-bond donors (Lipinski definition) is 1. The molecule has 0 fully saturated rings. The summed E-state index contributed by atoms with van der Waals surface area (Å²) >= 11 is 1.32. The van der Waals surface area contributed by atoms with Crippen molar-refractivity contribution in [2.75, 3.05) is 4.72 Å². The highest BCUT2D eigenvalue weighted by Crippen LogP contribution is 2.20. The zero-order valence-corrected chi connectivity index (χ0v) is 5.93. The van der Waals surface area contributed by atoms with Gasteiger partial charge in [-0.05, 0) is 6.07 Å². The molecule has 1 aromatic heterocycles. The minimum absolute atomic E-state index is 1.03. The molecule has 1 aliphatic heterocycles. The lowest BCUT2D eigenvalue weighted by Gasteiger charge is -2.07. The fraction of sp³-hybridized carbons (Fsp3) is 0. The van der Waals surface area contributed by atoms with E-state index in [1.807, 2.05) is 12.3 Å². The van der Waals surface area contributed by atoms with E-state index in [1.54, 1.807) is 12.4 Å². The summed E-state index contributed by atoms with van der Waals surface area (Å²) in [5.41, 5.74) is 2.12. The third-order valence-electron chi connectivity index (χ3n) is 1.25. The number of hydrogen-bond acceptors (Lipinski definition) is 4. The molecule has 3 nitrogen and oxygen atoms in total. The Labute approximate surface area is 62.8 Å². The first-order valence-electron chi connectivity index (χ1n) is 2.86. The number of fused-ring (bicyclic) bond motifs is 1. The molecule has 50 valence electrons. The number of aromatic nitrogens is 1. The van der Waals surface area contributed by atoms with Crippen LogP contribution in [0.3, 0.4) is 0 Å². The van der Waals surface area contributed by atoms with Crippen molar-refractivity contribution in [1.82, 2.24) is 4.98 Å². The van der Waals surface area contributed by atoms with Crippen LogP contribution >= 0.6 is 12.1 Å². The Bertz CT molecular complexity index is 271. The number of anilines is 1. The summed E-state index contributed by atoms with van der Waals surface area (Å²) in [4.78, 5) is 3.96. The van der Waals surface area contributed by atoms with E-state index in [0.29, 0.717) is 0 Å². The predicted molar refractivity (Wildman–Crippen MR) is 43.0 cm³/mol. The first-order chi connectivity index (χ1) is 4.97. The summed E-state index contributed by atoms with van der Waals surface area (Å²) < 4.78 is 6.99. The molecule has 0 atom stereocenters. The van der Waals surface area contributed by atoms with E-state index in [4.69, 9.17) is 0 Å². The molecule has 0 aromatic carbocycles. The van der Waals surface area contributed by atoms with Crippen LogP contribution in [-0.4, -0.2) is 11.2 Å². The van der Waals surface area contributed by atoms with Gasteiger partial charge in [0.15, 0.2) is 0 Å².